The number of hydrogen-bond acceptors (Lipinski definition) is 2. The minimum absolute atomic E-state index is 0.168. The van der Waals surface area contributed by atoms with Gasteiger partial charge >= 0.3 is 0 Å². The molecule has 1 aliphatic rings. The summed E-state index contributed by atoms with van der Waals surface area (Å²) < 4.78 is 0. The zero-order valence-corrected chi connectivity index (χ0v) is 7.14. The molecule has 2 rings (SSSR count). The van der Waals surface area contributed by atoms with Crippen molar-refractivity contribution in [3.8, 4) is 0 Å². The van der Waals surface area contributed by atoms with Gasteiger partial charge in [-0.15, -0.1) is 0 Å². The van der Waals surface area contributed by atoms with Crippen LogP contribution in [-0.4, -0.2) is 6.29 Å². The van der Waals surface area contributed by atoms with Crippen LogP contribution in [-0.2, 0) is 11.3 Å². The van der Waals surface area contributed by atoms with Crippen LogP contribution < -0.4 is 5.32 Å². The first-order valence-corrected chi connectivity index (χ1v) is 4.16. The van der Waals surface area contributed by atoms with Gasteiger partial charge in [0, 0.05) is 11.6 Å². The van der Waals surface area contributed by atoms with Gasteiger partial charge < -0.3 is 4.79 Å². The number of carbonyl (C=O) groups excluding carboxylic acids is 1. The van der Waals surface area contributed by atoms with Gasteiger partial charge in [0.2, 0.25) is 0 Å². The normalized spacial score (nSPS) is 20.6. The Bertz CT molecular complexity index is 324. The number of halogens is 1. The molecule has 1 aliphatic heterocycles. The second-order valence-corrected chi connectivity index (χ2v) is 3.27. The minimum atomic E-state index is -0.168. The highest BCUT2D eigenvalue weighted by atomic mass is 35.5. The Balaban J connectivity index is 2.49. The van der Waals surface area contributed by atoms with Gasteiger partial charge in [0.1, 0.15) is 6.29 Å². The highest BCUT2D eigenvalue weighted by Crippen LogP contribution is 2.26. The number of hydrogen-bond donors (Lipinski definition) is 1. The molecule has 1 aromatic rings. The van der Waals surface area contributed by atoms with Crippen LogP contribution in [0.15, 0.2) is 18.2 Å². The summed E-state index contributed by atoms with van der Waals surface area (Å²) in [5.74, 6) is 0. The molecule has 62 valence electrons. The van der Waals surface area contributed by atoms with E-state index in [0.29, 0.717) is 5.02 Å². The fourth-order valence-corrected chi connectivity index (χ4v) is 1.65. The fourth-order valence-electron chi connectivity index (χ4n) is 1.47. The van der Waals surface area contributed by atoms with Crippen LogP contribution in [0.2, 0.25) is 5.02 Å². The summed E-state index contributed by atoms with van der Waals surface area (Å²) in [6.07, 6.45) is 0.905. The molecule has 0 bridgehead atoms. The lowest BCUT2D eigenvalue weighted by Crippen LogP contribution is -2.12. The average Bonchev–Trinajstić information content (AvgIpc) is 2.46. The highest BCUT2D eigenvalue weighted by molar-refractivity contribution is 6.30. The smallest absolute Gasteiger partial charge is 0.141 e. The molecule has 0 saturated heterocycles. The molecule has 1 unspecified atom stereocenters. The van der Waals surface area contributed by atoms with Crippen molar-refractivity contribution in [1.29, 1.82) is 0 Å². The van der Waals surface area contributed by atoms with Crippen molar-refractivity contribution in [2.24, 2.45) is 0 Å². The first-order chi connectivity index (χ1) is 5.81. The molecule has 1 N–H and O–H groups in total. The van der Waals surface area contributed by atoms with E-state index in [4.69, 9.17) is 11.6 Å². The Hall–Kier alpha value is -0.860. The zero-order chi connectivity index (χ0) is 8.55. The Morgan fingerprint density at radius 2 is 2.42 bits per heavy atom. The fraction of sp³-hybridized carbons (Fsp3) is 0.222. The van der Waals surface area contributed by atoms with E-state index in [1.54, 1.807) is 0 Å². The monoisotopic (exact) mass is 181 g/mol. The Morgan fingerprint density at radius 3 is 3.17 bits per heavy atom. The predicted octanol–water partition coefficient (Wildman–Crippen LogP) is 1.68. The van der Waals surface area contributed by atoms with Gasteiger partial charge in [-0.3, -0.25) is 5.32 Å². The first-order valence-electron chi connectivity index (χ1n) is 3.78. The van der Waals surface area contributed by atoms with Gasteiger partial charge in [-0.1, -0.05) is 17.7 Å². The van der Waals surface area contributed by atoms with E-state index in [1.807, 2.05) is 18.2 Å². The summed E-state index contributed by atoms with van der Waals surface area (Å²) in [7, 11) is 0. The van der Waals surface area contributed by atoms with Crippen molar-refractivity contribution >= 4 is 17.9 Å². The van der Waals surface area contributed by atoms with Crippen LogP contribution in [0.1, 0.15) is 17.2 Å². The van der Waals surface area contributed by atoms with E-state index in [9.17, 15) is 4.79 Å². The molecule has 1 heterocycles. The summed E-state index contributed by atoms with van der Waals surface area (Å²) in [5.41, 5.74) is 2.18. The molecule has 0 saturated carbocycles. The van der Waals surface area contributed by atoms with Gasteiger partial charge in [-0.2, -0.15) is 0 Å². The summed E-state index contributed by atoms with van der Waals surface area (Å²) in [6, 6.07) is 5.47. The number of rotatable bonds is 1. The number of benzene rings is 1. The average molecular weight is 182 g/mol. The number of nitrogens with one attached hydrogen (secondary N) is 1. The quantitative estimate of drug-likeness (QED) is 0.668. The summed E-state index contributed by atoms with van der Waals surface area (Å²) in [4.78, 5) is 10.6. The predicted molar refractivity (Wildman–Crippen MR) is 47.1 cm³/mol. The lowest BCUT2D eigenvalue weighted by Gasteiger charge is -2.02. The van der Waals surface area contributed by atoms with Crippen molar-refractivity contribution in [2.45, 2.75) is 12.6 Å². The third-order valence-electron chi connectivity index (χ3n) is 2.09. The summed E-state index contributed by atoms with van der Waals surface area (Å²) >= 11 is 5.80. The van der Waals surface area contributed by atoms with E-state index in [-0.39, 0.29) is 6.04 Å². The molecule has 12 heavy (non-hydrogen) atoms. The van der Waals surface area contributed by atoms with Gasteiger partial charge in [-0.05, 0) is 23.3 Å². The van der Waals surface area contributed by atoms with Crippen LogP contribution in [0.5, 0.6) is 0 Å². The molecule has 0 radical (unpaired) electrons. The molecule has 0 spiro atoms. The molecule has 2 nitrogen and oxygen atoms in total. The lowest BCUT2D eigenvalue weighted by atomic mass is 10.1. The van der Waals surface area contributed by atoms with Crippen molar-refractivity contribution in [2.75, 3.05) is 0 Å². The van der Waals surface area contributed by atoms with Crippen LogP contribution in [0.3, 0.4) is 0 Å². The SMILES string of the molecule is O=CC1NCc2ccc(Cl)cc21. The van der Waals surface area contributed by atoms with Gasteiger partial charge in [0.15, 0.2) is 0 Å². The Labute approximate surface area is 75.5 Å². The molecule has 0 aromatic heterocycles. The third kappa shape index (κ3) is 1.13. The number of fused-ring (bicyclic) bond motifs is 1. The minimum Gasteiger partial charge on any atom is -0.301 e. The molecule has 0 aliphatic carbocycles. The van der Waals surface area contributed by atoms with E-state index in [1.165, 1.54) is 0 Å². The third-order valence-corrected chi connectivity index (χ3v) is 2.33. The zero-order valence-electron chi connectivity index (χ0n) is 6.38. The maximum atomic E-state index is 10.6. The summed E-state index contributed by atoms with van der Waals surface area (Å²) in [6.45, 7) is 0.760. The molecular weight excluding hydrogens is 174 g/mol. The van der Waals surface area contributed by atoms with E-state index < -0.39 is 0 Å². The summed E-state index contributed by atoms with van der Waals surface area (Å²) in [5, 5.41) is 3.76. The van der Waals surface area contributed by atoms with Crippen LogP contribution in [0.4, 0.5) is 0 Å². The van der Waals surface area contributed by atoms with Crippen molar-refractivity contribution in [3.63, 3.8) is 0 Å². The maximum Gasteiger partial charge on any atom is 0.141 e. The van der Waals surface area contributed by atoms with Gasteiger partial charge in [-0.25, -0.2) is 0 Å². The highest BCUT2D eigenvalue weighted by Gasteiger charge is 2.20. The largest absolute Gasteiger partial charge is 0.301 e. The topological polar surface area (TPSA) is 29.1 Å². The Morgan fingerprint density at radius 1 is 1.58 bits per heavy atom. The molecule has 1 aromatic carbocycles. The van der Waals surface area contributed by atoms with Crippen LogP contribution in [0, 0.1) is 0 Å². The van der Waals surface area contributed by atoms with E-state index in [2.05, 4.69) is 5.32 Å². The van der Waals surface area contributed by atoms with E-state index in [0.717, 1.165) is 24.0 Å². The molecule has 0 amide bonds. The first kappa shape index (κ1) is 7.77. The second kappa shape index (κ2) is 2.88. The molecule has 0 fully saturated rings. The van der Waals surface area contributed by atoms with Crippen LogP contribution >= 0.6 is 11.6 Å². The maximum absolute atomic E-state index is 10.6. The second-order valence-electron chi connectivity index (χ2n) is 2.84. The standard InChI is InChI=1S/C9H8ClNO/c10-7-2-1-6-4-11-9(5-12)8(6)3-7/h1-3,5,9,11H,4H2. The van der Waals surface area contributed by atoms with E-state index >= 15 is 0 Å². The van der Waals surface area contributed by atoms with Crippen molar-refractivity contribution in [1.82, 2.24) is 5.32 Å². The van der Waals surface area contributed by atoms with Gasteiger partial charge in [0.05, 0.1) is 6.04 Å². The number of carbonyl (C=O) groups is 1. The Kier molecular flexibility index (Phi) is 1.87. The molecule has 1 atom stereocenters. The molecule has 3 heteroatoms. The lowest BCUT2D eigenvalue weighted by molar-refractivity contribution is -0.109. The number of aldehydes is 1. The molecular formula is C9H8ClNO. The van der Waals surface area contributed by atoms with Crippen LogP contribution in [0.25, 0.3) is 0 Å². The van der Waals surface area contributed by atoms with Crippen molar-refractivity contribution in [3.05, 3.63) is 34.3 Å². The van der Waals surface area contributed by atoms with Gasteiger partial charge in [0.25, 0.3) is 0 Å². The van der Waals surface area contributed by atoms with Crippen molar-refractivity contribution < 1.29 is 4.79 Å².